The molecule has 3 nitrogen and oxygen atoms in total. The minimum atomic E-state index is -0.171. The predicted octanol–water partition coefficient (Wildman–Crippen LogP) is 0.938. The zero-order chi connectivity index (χ0) is 8.91. The molecule has 0 aromatic rings. The summed E-state index contributed by atoms with van der Waals surface area (Å²) in [5, 5.41) is 2.79. The van der Waals surface area contributed by atoms with E-state index in [4.69, 9.17) is 4.74 Å². The van der Waals surface area contributed by atoms with Crippen molar-refractivity contribution in [2.75, 3.05) is 13.2 Å². The number of hydrogen-bond donors (Lipinski definition) is 1. The van der Waals surface area contributed by atoms with E-state index >= 15 is 0 Å². The zero-order valence-corrected chi connectivity index (χ0v) is 7.73. The number of ether oxygens (including phenoxy) is 1. The molecule has 3 heteroatoms. The van der Waals surface area contributed by atoms with Gasteiger partial charge in [0.05, 0.1) is 12.1 Å². The highest BCUT2D eigenvalue weighted by molar-refractivity contribution is 5.78. The molecule has 0 spiro atoms. The monoisotopic (exact) mass is 159 g/mol. The standard InChI is InChI=1S/C6H11NO2.C2H6/c1-6(2)4-9-3-5(8)7-6;1-2/h3-4H2,1-2H3,(H,7,8);1-2H3. The van der Waals surface area contributed by atoms with Gasteiger partial charge in [0.2, 0.25) is 5.91 Å². The highest BCUT2D eigenvalue weighted by Gasteiger charge is 2.25. The first-order chi connectivity index (χ1) is 5.10. The molecule has 0 saturated carbocycles. The average molecular weight is 159 g/mol. The third kappa shape index (κ3) is 3.98. The van der Waals surface area contributed by atoms with Crippen molar-refractivity contribution in [2.45, 2.75) is 33.2 Å². The molecule has 0 radical (unpaired) electrons. The van der Waals surface area contributed by atoms with Gasteiger partial charge in [0, 0.05) is 0 Å². The largest absolute Gasteiger partial charge is 0.369 e. The lowest BCUT2D eigenvalue weighted by molar-refractivity contribution is -0.134. The van der Waals surface area contributed by atoms with Crippen molar-refractivity contribution in [1.82, 2.24) is 5.32 Å². The fourth-order valence-corrected chi connectivity index (χ4v) is 0.848. The minimum absolute atomic E-state index is 0.0220. The van der Waals surface area contributed by atoms with Crippen molar-refractivity contribution in [2.24, 2.45) is 0 Å². The van der Waals surface area contributed by atoms with Crippen molar-refractivity contribution < 1.29 is 9.53 Å². The Balaban J connectivity index is 0.000000461. The van der Waals surface area contributed by atoms with Crippen LogP contribution in [0.2, 0.25) is 0 Å². The van der Waals surface area contributed by atoms with Crippen molar-refractivity contribution in [3.8, 4) is 0 Å². The summed E-state index contributed by atoms with van der Waals surface area (Å²) in [6.07, 6.45) is 0. The van der Waals surface area contributed by atoms with E-state index in [1.54, 1.807) is 0 Å². The lowest BCUT2D eigenvalue weighted by Crippen LogP contribution is -2.52. The second-order valence-corrected chi connectivity index (χ2v) is 2.92. The van der Waals surface area contributed by atoms with Crippen molar-refractivity contribution in [1.29, 1.82) is 0 Å². The van der Waals surface area contributed by atoms with Crippen LogP contribution < -0.4 is 5.32 Å². The van der Waals surface area contributed by atoms with E-state index in [1.165, 1.54) is 0 Å². The summed E-state index contributed by atoms with van der Waals surface area (Å²) < 4.78 is 4.98. The van der Waals surface area contributed by atoms with Crippen molar-refractivity contribution in [3.05, 3.63) is 0 Å². The maximum atomic E-state index is 10.6. The van der Waals surface area contributed by atoms with Gasteiger partial charge in [0.1, 0.15) is 6.61 Å². The molecule has 0 unspecified atom stereocenters. The summed E-state index contributed by atoms with van der Waals surface area (Å²) in [4.78, 5) is 10.6. The summed E-state index contributed by atoms with van der Waals surface area (Å²) >= 11 is 0. The van der Waals surface area contributed by atoms with Gasteiger partial charge in [0.25, 0.3) is 0 Å². The predicted molar refractivity (Wildman–Crippen MR) is 44.4 cm³/mol. The minimum Gasteiger partial charge on any atom is -0.369 e. The summed E-state index contributed by atoms with van der Waals surface area (Å²) in [7, 11) is 0. The lowest BCUT2D eigenvalue weighted by Gasteiger charge is -2.30. The van der Waals surface area contributed by atoms with Crippen LogP contribution in [-0.4, -0.2) is 24.7 Å². The third-order valence-corrected chi connectivity index (χ3v) is 1.17. The molecule has 66 valence electrons. The fourth-order valence-electron chi connectivity index (χ4n) is 0.848. The topological polar surface area (TPSA) is 38.3 Å². The number of rotatable bonds is 0. The Morgan fingerprint density at radius 2 is 2.00 bits per heavy atom. The quantitative estimate of drug-likeness (QED) is 0.571. The van der Waals surface area contributed by atoms with E-state index in [0.29, 0.717) is 6.61 Å². The molecular weight excluding hydrogens is 142 g/mol. The van der Waals surface area contributed by atoms with E-state index in [9.17, 15) is 4.79 Å². The zero-order valence-electron chi connectivity index (χ0n) is 7.73. The molecular formula is C8H17NO2. The number of carbonyl (C=O) groups is 1. The first-order valence-electron chi connectivity index (χ1n) is 3.99. The summed E-state index contributed by atoms with van der Waals surface area (Å²) in [6.45, 7) is 8.69. The number of hydrogen-bond acceptors (Lipinski definition) is 2. The van der Waals surface area contributed by atoms with Gasteiger partial charge in [-0.15, -0.1) is 0 Å². The van der Waals surface area contributed by atoms with E-state index in [2.05, 4.69) is 5.32 Å². The normalized spacial score (nSPS) is 21.3. The Morgan fingerprint density at radius 1 is 1.45 bits per heavy atom. The molecule has 1 amide bonds. The Hall–Kier alpha value is -0.570. The van der Waals surface area contributed by atoms with Crippen LogP contribution in [0.5, 0.6) is 0 Å². The number of carbonyl (C=O) groups excluding carboxylic acids is 1. The highest BCUT2D eigenvalue weighted by Crippen LogP contribution is 2.05. The second kappa shape index (κ2) is 4.34. The molecule has 1 aliphatic heterocycles. The van der Waals surface area contributed by atoms with Gasteiger partial charge in [-0.3, -0.25) is 4.79 Å². The molecule has 0 aliphatic carbocycles. The molecule has 1 aliphatic rings. The van der Waals surface area contributed by atoms with Gasteiger partial charge < -0.3 is 10.1 Å². The van der Waals surface area contributed by atoms with E-state index < -0.39 is 0 Å². The van der Waals surface area contributed by atoms with Gasteiger partial charge in [-0.25, -0.2) is 0 Å². The first-order valence-corrected chi connectivity index (χ1v) is 3.99. The molecule has 1 rings (SSSR count). The van der Waals surface area contributed by atoms with Gasteiger partial charge in [-0.1, -0.05) is 13.8 Å². The highest BCUT2D eigenvalue weighted by atomic mass is 16.5. The Kier molecular flexibility index (Phi) is 4.11. The summed E-state index contributed by atoms with van der Waals surface area (Å²) in [5.41, 5.74) is -0.171. The van der Waals surface area contributed by atoms with Crippen LogP contribution in [0.15, 0.2) is 0 Å². The maximum absolute atomic E-state index is 10.6. The molecule has 1 heterocycles. The molecule has 1 N–H and O–H groups in total. The molecule has 0 bridgehead atoms. The smallest absolute Gasteiger partial charge is 0.246 e. The van der Waals surface area contributed by atoms with E-state index in [1.807, 2.05) is 27.7 Å². The van der Waals surface area contributed by atoms with Crippen LogP contribution in [0.3, 0.4) is 0 Å². The van der Waals surface area contributed by atoms with Crippen LogP contribution in [0.1, 0.15) is 27.7 Å². The van der Waals surface area contributed by atoms with Crippen molar-refractivity contribution >= 4 is 5.91 Å². The lowest BCUT2D eigenvalue weighted by atomic mass is 10.1. The molecule has 11 heavy (non-hydrogen) atoms. The van der Waals surface area contributed by atoms with Crippen LogP contribution in [0, 0.1) is 0 Å². The Morgan fingerprint density at radius 3 is 2.27 bits per heavy atom. The molecule has 1 saturated heterocycles. The molecule has 0 aromatic carbocycles. The Bertz CT molecular complexity index is 132. The van der Waals surface area contributed by atoms with E-state index in [0.717, 1.165) is 0 Å². The van der Waals surface area contributed by atoms with Crippen LogP contribution in [-0.2, 0) is 9.53 Å². The maximum Gasteiger partial charge on any atom is 0.246 e. The number of nitrogens with one attached hydrogen (secondary N) is 1. The van der Waals surface area contributed by atoms with E-state index in [-0.39, 0.29) is 18.1 Å². The van der Waals surface area contributed by atoms with Gasteiger partial charge in [0.15, 0.2) is 0 Å². The first kappa shape index (κ1) is 10.4. The van der Waals surface area contributed by atoms with Crippen molar-refractivity contribution in [3.63, 3.8) is 0 Å². The molecule has 1 fully saturated rings. The van der Waals surface area contributed by atoms with Gasteiger partial charge in [-0.2, -0.15) is 0 Å². The summed E-state index contributed by atoms with van der Waals surface area (Å²) in [6, 6.07) is 0. The molecule has 0 aromatic heterocycles. The van der Waals surface area contributed by atoms with Crippen LogP contribution in [0.25, 0.3) is 0 Å². The Labute approximate surface area is 68.1 Å². The van der Waals surface area contributed by atoms with Crippen LogP contribution >= 0.6 is 0 Å². The number of amides is 1. The van der Waals surface area contributed by atoms with Crippen LogP contribution in [0.4, 0.5) is 0 Å². The number of morpholine rings is 1. The fraction of sp³-hybridized carbons (Fsp3) is 0.875. The SMILES string of the molecule is CC.CC1(C)COCC(=O)N1. The van der Waals surface area contributed by atoms with Gasteiger partial charge >= 0.3 is 0 Å². The summed E-state index contributed by atoms with van der Waals surface area (Å²) in [5.74, 6) is -0.0220. The second-order valence-electron chi connectivity index (χ2n) is 2.92. The third-order valence-electron chi connectivity index (χ3n) is 1.17. The average Bonchev–Trinajstić information content (AvgIpc) is 1.89. The van der Waals surface area contributed by atoms with Gasteiger partial charge in [-0.05, 0) is 13.8 Å². The molecule has 0 atom stereocenters.